The number of aromatic nitrogens is 3. The molecule has 1 aliphatic rings. The number of aromatic amines is 1. The lowest BCUT2D eigenvalue weighted by molar-refractivity contribution is 0.171. The van der Waals surface area contributed by atoms with Crippen LogP contribution < -0.4 is 9.47 Å². The van der Waals surface area contributed by atoms with Gasteiger partial charge in [0, 0.05) is 0 Å². The largest absolute Gasteiger partial charge is 0.486 e. The second kappa shape index (κ2) is 6.48. The van der Waals surface area contributed by atoms with Crippen molar-refractivity contribution in [3.8, 4) is 22.9 Å². The van der Waals surface area contributed by atoms with Crippen LogP contribution in [0.25, 0.3) is 11.4 Å². The Morgan fingerprint density at radius 3 is 2.80 bits per heavy atom. The fourth-order valence-electron chi connectivity index (χ4n) is 2.48. The molecule has 1 aromatic heterocycles. The zero-order valence-electron chi connectivity index (χ0n) is 13.0. The first-order valence-electron chi connectivity index (χ1n) is 7.59. The summed E-state index contributed by atoms with van der Waals surface area (Å²) in [5.41, 5.74) is 1.11. The van der Waals surface area contributed by atoms with Crippen molar-refractivity contribution in [1.82, 2.24) is 14.9 Å². The zero-order chi connectivity index (χ0) is 17.2. The van der Waals surface area contributed by atoms with Crippen molar-refractivity contribution in [3.63, 3.8) is 0 Å². The van der Waals surface area contributed by atoms with Gasteiger partial charge in [-0.25, -0.2) is 9.49 Å². The first kappa shape index (κ1) is 15.5. The number of rotatable bonds is 3. The molecule has 8 heteroatoms. The number of ether oxygens (including phenoxy) is 2. The van der Waals surface area contributed by atoms with Gasteiger partial charge >= 0.3 is 0 Å². The van der Waals surface area contributed by atoms with Crippen molar-refractivity contribution >= 4 is 18.4 Å². The molecule has 2 aromatic carbocycles. The van der Waals surface area contributed by atoms with E-state index < -0.39 is 5.82 Å². The van der Waals surface area contributed by atoms with Crippen LogP contribution in [-0.4, -0.2) is 34.3 Å². The molecular weight excluding hydrogens is 343 g/mol. The molecule has 2 heterocycles. The molecule has 0 saturated carbocycles. The first-order valence-corrected chi connectivity index (χ1v) is 7.99. The lowest BCUT2D eigenvalue weighted by atomic mass is 10.2. The van der Waals surface area contributed by atoms with Crippen LogP contribution >= 0.6 is 12.2 Å². The van der Waals surface area contributed by atoms with Gasteiger partial charge in [-0.05, 0) is 48.1 Å². The van der Waals surface area contributed by atoms with Gasteiger partial charge in [-0.3, -0.25) is 0 Å². The Morgan fingerprint density at radius 2 is 1.96 bits per heavy atom. The molecule has 1 N–H and O–H groups in total. The SMILES string of the molecule is Fc1ccccc1-c1n[nH]c(=S)n1/N=C\c1ccc2c(c1)OCCO2. The first-order chi connectivity index (χ1) is 12.2. The highest BCUT2D eigenvalue weighted by Crippen LogP contribution is 2.30. The molecule has 0 atom stereocenters. The van der Waals surface area contributed by atoms with Crippen LogP contribution in [0.4, 0.5) is 4.39 Å². The number of H-pyrrole nitrogens is 1. The highest BCUT2D eigenvalue weighted by molar-refractivity contribution is 7.71. The standard InChI is InChI=1S/C17H13FN4O2S/c18-13-4-2-1-3-12(13)16-20-21-17(25)22(16)19-10-11-5-6-14-15(9-11)24-8-7-23-14/h1-6,9-10H,7-8H2,(H,21,25)/b19-10-. The van der Waals surface area contributed by atoms with Crippen molar-refractivity contribution in [2.24, 2.45) is 5.10 Å². The number of nitrogens with one attached hydrogen (secondary N) is 1. The number of fused-ring (bicyclic) bond motifs is 1. The molecule has 3 aromatic rings. The van der Waals surface area contributed by atoms with Crippen LogP contribution in [0.1, 0.15) is 5.56 Å². The van der Waals surface area contributed by atoms with Gasteiger partial charge in [-0.1, -0.05) is 12.1 Å². The fraction of sp³-hybridized carbons (Fsp3) is 0.118. The van der Waals surface area contributed by atoms with E-state index in [-0.39, 0.29) is 4.77 Å². The third kappa shape index (κ3) is 3.03. The van der Waals surface area contributed by atoms with Crippen LogP contribution in [0.2, 0.25) is 0 Å². The topological polar surface area (TPSA) is 64.4 Å². The van der Waals surface area contributed by atoms with Crippen molar-refractivity contribution in [2.45, 2.75) is 0 Å². The fourth-order valence-corrected chi connectivity index (χ4v) is 2.66. The van der Waals surface area contributed by atoms with E-state index >= 15 is 0 Å². The predicted molar refractivity (Wildman–Crippen MR) is 93.2 cm³/mol. The maximum absolute atomic E-state index is 14.0. The molecule has 25 heavy (non-hydrogen) atoms. The Morgan fingerprint density at radius 1 is 1.16 bits per heavy atom. The Hall–Kier alpha value is -3.00. The quantitative estimate of drug-likeness (QED) is 0.577. The number of halogens is 1. The molecule has 126 valence electrons. The van der Waals surface area contributed by atoms with Gasteiger partial charge in [0.25, 0.3) is 0 Å². The van der Waals surface area contributed by atoms with Crippen molar-refractivity contribution in [3.05, 3.63) is 58.6 Å². The van der Waals surface area contributed by atoms with Crippen LogP contribution in [0, 0.1) is 10.6 Å². The molecule has 0 radical (unpaired) electrons. The van der Waals surface area contributed by atoms with E-state index in [2.05, 4.69) is 15.3 Å². The molecule has 0 spiro atoms. The summed E-state index contributed by atoms with van der Waals surface area (Å²) in [5.74, 6) is 1.28. The van der Waals surface area contributed by atoms with E-state index in [1.165, 1.54) is 10.7 Å². The third-order valence-electron chi connectivity index (χ3n) is 3.65. The van der Waals surface area contributed by atoms with Gasteiger partial charge in [0.05, 0.1) is 11.8 Å². The Labute approximate surface area is 147 Å². The molecule has 4 rings (SSSR count). The minimum atomic E-state index is -0.396. The van der Waals surface area contributed by atoms with Gasteiger partial charge in [-0.2, -0.15) is 14.9 Å². The van der Waals surface area contributed by atoms with Gasteiger partial charge < -0.3 is 9.47 Å². The third-order valence-corrected chi connectivity index (χ3v) is 3.92. The van der Waals surface area contributed by atoms with Crippen LogP contribution in [0.5, 0.6) is 11.5 Å². The zero-order valence-corrected chi connectivity index (χ0v) is 13.8. The smallest absolute Gasteiger partial charge is 0.216 e. The lowest BCUT2D eigenvalue weighted by Gasteiger charge is -2.18. The van der Waals surface area contributed by atoms with Crippen molar-refractivity contribution in [1.29, 1.82) is 0 Å². The van der Waals surface area contributed by atoms with E-state index in [1.807, 2.05) is 18.2 Å². The van der Waals surface area contributed by atoms with Gasteiger partial charge in [-0.15, -0.1) is 0 Å². The second-order valence-electron chi connectivity index (χ2n) is 5.29. The molecule has 1 aliphatic heterocycles. The molecule has 6 nitrogen and oxygen atoms in total. The van der Waals surface area contributed by atoms with Crippen molar-refractivity contribution in [2.75, 3.05) is 13.2 Å². The highest BCUT2D eigenvalue weighted by Gasteiger charge is 2.13. The van der Waals surface area contributed by atoms with Crippen LogP contribution in [-0.2, 0) is 0 Å². The van der Waals surface area contributed by atoms with Crippen molar-refractivity contribution < 1.29 is 13.9 Å². The molecule has 0 unspecified atom stereocenters. The normalized spacial score (nSPS) is 13.3. The minimum Gasteiger partial charge on any atom is -0.486 e. The maximum Gasteiger partial charge on any atom is 0.216 e. The number of hydrogen-bond acceptors (Lipinski definition) is 5. The van der Waals surface area contributed by atoms with E-state index in [1.54, 1.807) is 24.4 Å². The summed E-state index contributed by atoms with van der Waals surface area (Å²) < 4.78 is 26.7. The molecular formula is C17H13FN4O2S. The molecule has 0 fully saturated rings. The average molecular weight is 356 g/mol. The number of nitrogens with zero attached hydrogens (tertiary/aromatic N) is 3. The molecule has 0 bridgehead atoms. The monoisotopic (exact) mass is 356 g/mol. The second-order valence-corrected chi connectivity index (χ2v) is 5.68. The predicted octanol–water partition coefficient (Wildman–Crippen LogP) is 3.40. The molecule has 0 aliphatic carbocycles. The summed E-state index contributed by atoms with van der Waals surface area (Å²) in [6.45, 7) is 1.05. The highest BCUT2D eigenvalue weighted by atomic mass is 32.1. The summed E-state index contributed by atoms with van der Waals surface area (Å²) in [5, 5.41) is 11.0. The summed E-state index contributed by atoms with van der Waals surface area (Å²) in [6, 6.07) is 11.8. The maximum atomic E-state index is 14.0. The van der Waals surface area contributed by atoms with E-state index in [0.717, 1.165) is 5.56 Å². The van der Waals surface area contributed by atoms with E-state index in [9.17, 15) is 4.39 Å². The summed E-state index contributed by atoms with van der Waals surface area (Å²) in [6.07, 6.45) is 1.61. The lowest BCUT2D eigenvalue weighted by Crippen LogP contribution is -2.15. The summed E-state index contributed by atoms with van der Waals surface area (Å²) in [4.78, 5) is 0. The van der Waals surface area contributed by atoms with Gasteiger partial charge in [0.1, 0.15) is 19.0 Å². The summed E-state index contributed by atoms with van der Waals surface area (Å²) >= 11 is 5.19. The van der Waals surface area contributed by atoms with E-state index in [4.69, 9.17) is 21.7 Å². The van der Waals surface area contributed by atoms with Gasteiger partial charge in [0.15, 0.2) is 17.3 Å². The van der Waals surface area contributed by atoms with E-state index in [0.29, 0.717) is 36.1 Å². The average Bonchev–Trinajstić information content (AvgIpc) is 3.00. The number of hydrogen-bond donors (Lipinski definition) is 1. The Kier molecular flexibility index (Phi) is 4.02. The Bertz CT molecular complexity index is 1010. The summed E-state index contributed by atoms with van der Waals surface area (Å²) in [7, 11) is 0. The minimum absolute atomic E-state index is 0.270. The van der Waals surface area contributed by atoms with Gasteiger partial charge in [0.2, 0.25) is 4.77 Å². The number of benzene rings is 2. The Balaban J connectivity index is 1.70. The van der Waals surface area contributed by atoms with Crippen LogP contribution in [0.3, 0.4) is 0 Å². The molecule has 0 amide bonds. The van der Waals surface area contributed by atoms with Crippen LogP contribution in [0.15, 0.2) is 47.6 Å². The molecule has 0 saturated heterocycles.